The number of nitrogens with zero attached hydrogens (tertiary/aromatic N) is 4. The molecular weight excluding hydrogens is 246 g/mol. The lowest BCUT2D eigenvalue weighted by atomic mass is 10.1. The molecule has 19 heavy (non-hydrogen) atoms. The number of carbonyl (C=O) groups is 1. The molecule has 0 aliphatic carbocycles. The zero-order valence-electron chi connectivity index (χ0n) is 11.7. The van der Waals surface area contributed by atoms with Crippen LogP contribution in [0.2, 0.25) is 0 Å². The van der Waals surface area contributed by atoms with E-state index in [-0.39, 0.29) is 12.3 Å². The van der Waals surface area contributed by atoms with Crippen LogP contribution in [-0.4, -0.2) is 38.1 Å². The number of carbonyl (C=O) groups excluding carboxylic acids is 1. The number of aromatic nitrogens is 3. The number of piperidine rings is 1. The highest BCUT2D eigenvalue weighted by Crippen LogP contribution is 2.27. The van der Waals surface area contributed by atoms with E-state index in [1.165, 1.54) is 0 Å². The highest BCUT2D eigenvalue weighted by Gasteiger charge is 2.32. The second-order valence-electron chi connectivity index (χ2n) is 5.77. The first-order valence-corrected chi connectivity index (χ1v) is 6.54. The minimum Gasteiger partial charge on any atom is -0.444 e. The van der Waals surface area contributed by atoms with Crippen molar-refractivity contribution in [1.82, 2.24) is 19.9 Å². The van der Waals surface area contributed by atoms with E-state index < -0.39 is 5.60 Å². The van der Waals surface area contributed by atoms with Crippen LogP contribution in [-0.2, 0) is 4.74 Å². The number of ether oxygens (including phenoxy) is 1. The monoisotopic (exact) mass is 267 g/mol. The summed E-state index contributed by atoms with van der Waals surface area (Å²) in [4.78, 5) is 13.9. The van der Waals surface area contributed by atoms with Gasteiger partial charge >= 0.3 is 6.09 Å². The highest BCUT2D eigenvalue weighted by atomic mass is 16.6. The van der Waals surface area contributed by atoms with Gasteiger partial charge in [0.1, 0.15) is 11.8 Å². The molecule has 106 valence electrons. The first-order valence-electron chi connectivity index (χ1n) is 6.54. The van der Waals surface area contributed by atoms with Gasteiger partial charge in [0.25, 0.3) is 0 Å². The molecule has 1 aromatic heterocycles. The number of hydrogen-bond donors (Lipinski definition) is 1. The number of rotatable bonds is 1. The average Bonchev–Trinajstić information content (AvgIpc) is 2.73. The van der Waals surface area contributed by atoms with E-state index in [1.807, 2.05) is 20.8 Å². The Morgan fingerprint density at radius 3 is 2.79 bits per heavy atom. The fourth-order valence-corrected chi connectivity index (χ4v) is 2.16. The Bertz CT molecular complexity index is 451. The Hall–Kier alpha value is -1.79. The van der Waals surface area contributed by atoms with Crippen LogP contribution in [0.4, 0.5) is 10.6 Å². The summed E-state index contributed by atoms with van der Waals surface area (Å²) in [7, 11) is 0. The van der Waals surface area contributed by atoms with E-state index >= 15 is 0 Å². The van der Waals surface area contributed by atoms with Crippen molar-refractivity contribution in [3.63, 3.8) is 0 Å². The number of anilines is 1. The van der Waals surface area contributed by atoms with Crippen LogP contribution in [0.15, 0.2) is 6.20 Å². The van der Waals surface area contributed by atoms with E-state index in [2.05, 4.69) is 10.3 Å². The number of hydrogen-bond acceptors (Lipinski definition) is 5. The van der Waals surface area contributed by atoms with Gasteiger partial charge in [-0.25, -0.2) is 9.48 Å². The third-order valence-electron chi connectivity index (χ3n) is 2.93. The number of nitrogens with two attached hydrogens (primary N) is 1. The fourth-order valence-electron chi connectivity index (χ4n) is 2.16. The summed E-state index contributed by atoms with van der Waals surface area (Å²) in [6.07, 6.45) is 4.03. The fraction of sp³-hybridized carbons (Fsp3) is 0.750. The van der Waals surface area contributed by atoms with E-state index in [4.69, 9.17) is 10.5 Å². The van der Waals surface area contributed by atoms with Crippen molar-refractivity contribution >= 4 is 11.9 Å². The number of nitrogen functional groups attached to an aromatic ring is 1. The van der Waals surface area contributed by atoms with Gasteiger partial charge in [0, 0.05) is 6.54 Å². The Balaban J connectivity index is 2.14. The number of amides is 1. The van der Waals surface area contributed by atoms with Crippen molar-refractivity contribution in [3.8, 4) is 0 Å². The molecule has 1 fully saturated rings. The summed E-state index contributed by atoms with van der Waals surface area (Å²) in [6, 6.07) is 0. The standard InChI is InChI=1S/C12H21N5O2/c1-12(2,3)19-11(18)16-7-5-4-6-10(16)17-8-9(13)14-15-17/h8,10H,4-7,13H2,1-3H3. The molecule has 1 saturated heterocycles. The van der Waals surface area contributed by atoms with Crippen molar-refractivity contribution in [2.45, 2.75) is 51.8 Å². The topological polar surface area (TPSA) is 86.3 Å². The molecule has 1 unspecified atom stereocenters. The normalized spacial score (nSPS) is 20.4. The molecule has 2 rings (SSSR count). The molecular formula is C12H21N5O2. The zero-order chi connectivity index (χ0) is 14.0. The van der Waals surface area contributed by atoms with E-state index in [0.29, 0.717) is 12.4 Å². The molecule has 1 aliphatic rings. The summed E-state index contributed by atoms with van der Waals surface area (Å²) in [6.45, 7) is 6.24. The first kappa shape index (κ1) is 13.6. The average molecular weight is 267 g/mol. The molecule has 2 heterocycles. The van der Waals surface area contributed by atoms with Gasteiger partial charge in [0.05, 0.1) is 6.20 Å². The lowest BCUT2D eigenvalue weighted by Crippen LogP contribution is -2.44. The summed E-state index contributed by atoms with van der Waals surface area (Å²) in [5.74, 6) is 0.356. The minimum atomic E-state index is -0.500. The van der Waals surface area contributed by atoms with E-state index in [1.54, 1.807) is 15.8 Å². The van der Waals surface area contributed by atoms with Crippen LogP contribution in [0.5, 0.6) is 0 Å². The Kier molecular flexibility index (Phi) is 3.64. The Labute approximate surface area is 112 Å². The molecule has 0 aromatic carbocycles. The van der Waals surface area contributed by atoms with Gasteiger partial charge in [-0.2, -0.15) is 0 Å². The van der Waals surface area contributed by atoms with Crippen molar-refractivity contribution in [2.24, 2.45) is 0 Å². The quantitative estimate of drug-likeness (QED) is 0.838. The first-order chi connectivity index (χ1) is 8.87. The molecule has 0 radical (unpaired) electrons. The summed E-state index contributed by atoms with van der Waals surface area (Å²) >= 11 is 0. The summed E-state index contributed by atoms with van der Waals surface area (Å²) in [5.41, 5.74) is 5.08. The molecule has 1 aliphatic heterocycles. The summed E-state index contributed by atoms with van der Waals surface area (Å²) < 4.78 is 7.07. The maximum absolute atomic E-state index is 12.2. The van der Waals surface area contributed by atoms with Gasteiger partial charge in [-0.3, -0.25) is 4.90 Å². The molecule has 0 bridgehead atoms. The molecule has 0 spiro atoms. The maximum atomic E-state index is 12.2. The second kappa shape index (κ2) is 5.07. The Morgan fingerprint density at radius 2 is 2.21 bits per heavy atom. The van der Waals surface area contributed by atoms with Crippen LogP contribution >= 0.6 is 0 Å². The molecule has 7 heteroatoms. The second-order valence-corrected chi connectivity index (χ2v) is 5.77. The number of likely N-dealkylation sites (tertiary alicyclic amines) is 1. The SMILES string of the molecule is CC(C)(C)OC(=O)N1CCCCC1n1cc(N)nn1. The molecule has 7 nitrogen and oxygen atoms in total. The largest absolute Gasteiger partial charge is 0.444 e. The third-order valence-corrected chi connectivity index (χ3v) is 2.93. The van der Waals surface area contributed by atoms with Crippen molar-refractivity contribution in [2.75, 3.05) is 12.3 Å². The van der Waals surface area contributed by atoms with E-state index in [0.717, 1.165) is 19.3 Å². The minimum absolute atomic E-state index is 0.159. The van der Waals surface area contributed by atoms with Crippen LogP contribution in [0.25, 0.3) is 0 Å². The van der Waals surface area contributed by atoms with Crippen LogP contribution in [0.3, 0.4) is 0 Å². The lowest BCUT2D eigenvalue weighted by Gasteiger charge is -2.36. The predicted molar refractivity (Wildman–Crippen MR) is 70.3 cm³/mol. The van der Waals surface area contributed by atoms with Crippen LogP contribution in [0, 0.1) is 0 Å². The molecule has 1 atom stereocenters. The van der Waals surface area contributed by atoms with Gasteiger partial charge in [-0.15, -0.1) is 5.10 Å². The molecule has 1 aromatic rings. The van der Waals surface area contributed by atoms with E-state index in [9.17, 15) is 4.79 Å². The highest BCUT2D eigenvalue weighted by molar-refractivity contribution is 5.68. The third kappa shape index (κ3) is 3.36. The van der Waals surface area contributed by atoms with Gasteiger partial charge in [-0.1, -0.05) is 5.21 Å². The van der Waals surface area contributed by atoms with Crippen LogP contribution in [0.1, 0.15) is 46.2 Å². The maximum Gasteiger partial charge on any atom is 0.412 e. The lowest BCUT2D eigenvalue weighted by molar-refractivity contribution is -0.00376. The van der Waals surface area contributed by atoms with Crippen LogP contribution < -0.4 is 5.73 Å². The predicted octanol–water partition coefficient (Wildman–Crippen LogP) is 1.78. The molecule has 1 amide bonds. The summed E-state index contributed by atoms with van der Waals surface area (Å²) in [5, 5.41) is 7.73. The molecule has 2 N–H and O–H groups in total. The van der Waals surface area contributed by atoms with Crippen molar-refractivity contribution < 1.29 is 9.53 Å². The van der Waals surface area contributed by atoms with Gasteiger partial charge in [0.2, 0.25) is 0 Å². The van der Waals surface area contributed by atoms with Gasteiger partial charge in [0.15, 0.2) is 5.82 Å². The Morgan fingerprint density at radius 1 is 1.47 bits per heavy atom. The van der Waals surface area contributed by atoms with Gasteiger partial charge < -0.3 is 10.5 Å². The molecule has 0 saturated carbocycles. The van der Waals surface area contributed by atoms with Gasteiger partial charge in [-0.05, 0) is 40.0 Å². The smallest absolute Gasteiger partial charge is 0.412 e. The van der Waals surface area contributed by atoms with Crippen molar-refractivity contribution in [1.29, 1.82) is 0 Å². The van der Waals surface area contributed by atoms with Crippen molar-refractivity contribution in [3.05, 3.63) is 6.20 Å². The zero-order valence-corrected chi connectivity index (χ0v) is 11.7.